The maximum Gasteiger partial charge on any atom is 0.265 e. The highest BCUT2D eigenvalue weighted by Gasteiger charge is 2.29. The van der Waals surface area contributed by atoms with E-state index in [2.05, 4.69) is 15.6 Å². The molecule has 0 saturated heterocycles. The fraction of sp³-hybridized carbons (Fsp3) is 0.107. The molecule has 1 unspecified atom stereocenters. The van der Waals surface area contributed by atoms with Crippen LogP contribution in [0.5, 0.6) is 5.75 Å². The number of anilines is 2. The summed E-state index contributed by atoms with van der Waals surface area (Å²) in [7, 11) is 0. The summed E-state index contributed by atoms with van der Waals surface area (Å²) < 4.78 is 0. The van der Waals surface area contributed by atoms with Crippen LogP contribution in [0.25, 0.3) is 0 Å². The molecule has 0 bridgehead atoms. The third-order valence-electron chi connectivity index (χ3n) is 5.89. The standard InChI is InChI=1S/C28H23N3O3S/c1-17-7-9-20(15-25(17)32)29-16-23-22-14-19(8-10-24(22)31-27(23)33)12-18-4-2-5-21(13-18)30-28(34)26-6-3-11-35-26/h2-11,13-16,23,32H,12H2,1H3,(H,30,34)(H,31,33). The normalized spacial score (nSPS) is 14.7. The van der Waals surface area contributed by atoms with E-state index in [0.717, 1.165) is 33.6 Å². The average molecular weight is 482 g/mol. The Morgan fingerprint density at radius 1 is 1.09 bits per heavy atom. The minimum atomic E-state index is -0.509. The van der Waals surface area contributed by atoms with Gasteiger partial charge in [0.05, 0.1) is 10.6 Å². The molecule has 0 spiro atoms. The number of carbonyl (C=O) groups excluding carboxylic acids is 2. The van der Waals surface area contributed by atoms with Crippen molar-refractivity contribution in [1.82, 2.24) is 0 Å². The molecule has 174 valence electrons. The largest absolute Gasteiger partial charge is 0.508 e. The number of carbonyl (C=O) groups is 2. The molecule has 2 amide bonds. The van der Waals surface area contributed by atoms with E-state index in [9.17, 15) is 14.7 Å². The minimum absolute atomic E-state index is 0.122. The number of nitrogens with one attached hydrogen (secondary N) is 2. The molecule has 0 aliphatic carbocycles. The number of hydrogen-bond donors (Lipinski definition) is 3. The lowest BCUT2D eigenvalue weighted by Crippen LogP contribution is -2.12. The van der Waals surface area contributed by atoms with Gasteiger partial charge in [0.1, 0.15) is 11.7 Å². The molecule has 35 heavy (non-hydrogen) atoms. The lowest BCUT2D eigenvalue weighted by molar-refractivity contribution is -0.115. The van der Waals surface area contributed by atoms with Crippen molar-refractivity contribution in [2.24, 2.45) is 4.99 Å². The van der Waals surface area contributed by atoms with Crippen LogP contribution >= 0.6 is 11.3 Å². The molecule has 1 atom stereocenters. The van der Waals surface area contributed by atoms with Crippen molar-refractivity contribution in [1.29, 1.82) is 0 Å². The molecule has 4 aromatic rings. The summed E-state index contributed by atoms with van der Waals surface area (Å²) in [6.07, 6.45) is 2.27. The summed E-state index contributed by atoms with van der Waals surface area (Å²) in [5.41, 5.74) is 5.85. The van der Waals surface area contributed by atoms with Crippen molar-refractivity contribution in [3.8, 4) is 5.75 Å². The summed E-state index contributed by atoms with van der Waals surface area (Å²) in [5, 5.41) is 17.7. The molecule has 6 nitrogen and oxygen atoms in total. The Labute approximate surface area is 207 Å². The van der Waals surface area contributed by atoms with E-state index in [1.165, 1.54) is 11.3 Å². The van der Waals surface area contributed by atoms with Gasteiger partial charge in [-0.2, -0.15) is 0 Å². The van der Waals surface area contributed by atoms with Gasteiger partial charge in [-0.15, -0.1) is 11.3 Å². The maximum atomic E-state index is 12.6. The maximum absolute atomic E-state index is 12.6. The number of fused-ring (bicyclic) bond motifs is 1. The number of aryl methyl sites for hydroxylation is 1. The summed E-state index contributed by atoms with van der Waals surface area (Å²) in [6, 6.07) is 22.5. The monoisotopic (exact) mass is 481 g/mol. The smallest absolute Gasteiger partial charge is 0.265 e. The Morgan fingerprint density at radius 2 is 1.94 bits per heavy atom. The fourth-order valence-electron chi connectivity index (χ4n) is 4.03. The van der Waals surface area contributed by atoms with Gasteiger partial charge >= 0.3 is 0 Å². The van der Waals surface area contributed by atoms with Gasteiger partial charge in [0.15, 0.2) is 0 Å². The molecular formula is C28H23N3O3S. The van der Waals surface area contributed by atoms with Gasteiger partial charge in [-0.1, -0.05) is 36.4 Å². The van der Waals surface area contributed by atoms with Gasteiger partial charge in [0, 0.05) is 23.7 Å². The first-order valence-electron chi connectivity index (χ1n) is 11.2. The molecule has 3 N–H and O–H groups in total. The van der Waals surface area contributed by atoms with Crippen molar-refractivity contribution in [3.05, 3.63) is 105 Å². The first-order valence-corrected chi connectivity index (χ1v) is 12.1. The van der Waals surface area contributed by atoms with Crippen LogP contribution in [0, 0.1) is 6.92 Å². The molecule has 0 saturated carbocycles. The first kappa shape index (κ1) is 22.6. The summed E-state index contributed by atoms with van der Waals surface area (Å²) >= 11 is 1.40. The predicted molar refractivity (Wildman–Crippen MR) is 140 cm³/mol. The number of nitrogens with zero attached hydrogens (tertiary/aromatic N) is 1. The van der Waals surface area contributed by atoms with Crippen molar-refractivity contribution in [2.45, 2.75) is 19.3 Å². The number of thiophene rings is 1. The number of aromatic hydroxyl groups is 1. The van der Waals surface area contributed by atoms with E-state index >= 15 is 0 Å². The van der Waals surface area contributed by atoms with Crippen molar-refractivity contribution < 1.29 is 14.7 Å². The van der Waals surface area contributed by atoms with Gasteiger partial charge in [-0.05, 0) is 71.3 Å². The van der Waals surface area contributed by atoms with Crippen LogP contribution in [0.4, 0.5) is 17.1 Å². The third kappa shape index (κ3) is 5.00. The number of hydrogen-bond acceptors (Lipinski definition) is 5. The van der Waals surface area contributed by atoms with Crippen LogP contribution in [-0.2, 0) is 11.2 Å². The van der Waals surface area contributed by atoms with Crippen LogP contribution in [0.15, 0.2) is 83.2 Å². The number of phenols is 1. The molecular weight excluding hydrogens is 458 g/mol. The molecule has 3 aromatic carbocycles. The number of aliphatic imine (C=N–C) groups is 1. The zero-order valence-electron chi connectivity index (χ0n) is 19.0. The zero-order chi connectivity index (χ0) is 24.4. The van der Waals surface area contributed by atoms with E-state index in [0.29, 0.717) is 17.0 Å². The minimum Gasteiger partial charge on any atom is -0.508 e. The highest BCUT2D eigenvalue weighted by atomic mass is 32.1. The Bertz CT molecular complexity index is 1440. The lowest BCUT2D eigenvalue weighted by atomic mass is 9.96. The van der Waals surface area contributed by atoms with Crippen molar-refractivity contribution in [2.75, 3.05) is 10.6 Å². The first-order chi connectivity index (χ1) is 17.0. The Morgan fingerprint density at radius 3 is 2.74 bits per heavy atom. The molecule has 0 radical (unpaired) electrons. The average Bonchev–Trinajstić information content (AvgIpc) is 3.48. The van der Waals surface area contributed by atoms with Crippen molar-refractivity contribution in [3.63, 3.8) is 0 Å². The third-order valence-corrected chi connectivity index (χ3v) is 6.76. The van der Waals surface area contributed by atoms with Gasteiger partial charge in [0.25, 0.3) is 5.91 Å². The van der Waals surface area contributed by atoms with Crippen LogP contribution in [0.1, 0.15) is 37.8 Å². The molecule has 0 fully saturated rings. The molecule has 7 heteroatoms. The summed E-state index contributed by atoms with van der Waals surface area (Å²) in [5.74, 6) is -0.587. The summed E-state index contributed by atoms with van der Waals surface area (Å²) in [6.45, 7) is 1.82. The topological polar surface area (TPSA) is 90.8 Å². The van der Waals surface area contributed by atoms with Gasteiger partial charge in [-0.25, -0.2) is 0 Å². The fourth-order valence-corrected chi connectivity index (χ4v) is 4.65. The number of amides is 2. The number of rotatable bonds is 6. The molecule has 1 aliphatic rings. The van der Waals surface area contributed by atoms with Crippen molar-refractivity contribution >= 4 is 46.4 Å². The Kier molecular flexibility index (Phi) is 6.16. The van der Waals surface area contributed by atoms with Gasteiger partial charge in [-0.3, -0.25) is 14.6 Å². The SMILES string of the molecule is Cc1ccc(N=CC2C(=O)Nc3ccc(Cc4cccc(NC(=O)c5cccs5)c4)cc32)cc1O. The Balaban J connectivity index is 1.33. The van der Waals surface area contributed by atoms with Crippen LogP contribution in [0.2, 0.25) is 0 Å². The van der Waals surface area contributed by atoms with E-state index < -0.39 is 5.92 Å². The second-order valence-electron chi connectivity index (χ2n) is 8.45. The molecule has 2 heterocycles. The molecule has 1 aromatic heterocycles. The number of phenolic OH excluding ortho intramolecular Hbond substituents is 1. The second-order valence-corrected chi connectivity index (χ2v) is 9.39. The highest BCUT2D eigenvalue weighted by molar-refractivity contribution is 7.12. The lowest BCUT2D eigenvalue weighted by Gasteiger charge is -2.09. The Hall–Kier alpha value is -4.23. The predicted octanol–water partition coefficient (Wildman–Crippen LogP) is 6.04. The highest BCUT2D eigenvalue weighted by Crippen LogP contribution is 2.34. The van der Waals surface area contributed by atoms with E-state index in [-0.39, 0.29) is 17.6 Å². The van der Waals surface area contributed by atoms with Gasteiger partial charge in [0.2, 0.25) is 5.91 Å². The van der Waals surface area contributed by atoms with Crippen LogP contribution in [-0.4, -0.2) is 23.1 Å². The van der Waals surface area contributed by atoms with E-state index in [1.807, 2.05) is 60.8 Å². The summed E-state index contributed by atoms with van der Waals surface area (Å²) in [4.78, 5) is 30.1. The van der Waals surface area contributed by atoms with Crippen LogP contribution < -0.4 is 10.6 Å². The van der Waals surface area contributed by atoms with E-state index in [4.69, 9.17) is 0 Å². The molecule has 1 aliphatic heterocycles. The molecule has 5 rings (SSSR count). The zero-order valence-corrected chi connectivity index (χ0v) is 19.8. The van der Waals surface area contributed by atoms with Crippen LogP contribution in [0.3, 0.4) is 0 Å². The second kappa shape index (κ2) is 9.56. The quantitative estimate of drug-likeness (QED) is 0.293. The number of benzene rings is 3. The van der Waals surface area contributed by atoms with E-state index in [1.54, 1.807) is 30.5 Å². The van der Waals surface area contributed by atoms with Gasteiger partial charge < -0.3 is 15.7 Å².